The molecule has 0 radical (unpaired) electrons. The maximum atomic E-state index is 12.4. The summed E-state index contributed by atoms with van der Waals surface area (Å²) in [5, 5.41) is 2.94. The molecule has 0 aliphatic heterocycles. The van der Waals surface area contributed by atoms with Crippen molar-refractivity contribution in [3.63, 3.8) is 0 Å². The fourth-order valence-electron chi connectivity index (χ4n) is 3.08. The van der Waals surface area contributed by atoms with Gasteiger partial charge in [0.25, 0.3) is 5.91 Å². The van der Waals surface area contributed by atoms with E-state index in [-0.39, 0.29) is 28.2 Å². The molecule has 2 rings (SSSR count). The van der Waals surface area contributed by atoms with Crippen LogP contribution in [0.5, 0.6) is 0 Å². The molecule has 0 unspecified atom stereocenters. The Labute approximate surface area is 155 Å². The van der Waals surface area contributed by atoms with Gasteiger partial charge < -0.3 is 10.1 Å². The molecule has 1 saturated carbocycles. The number of carbonyl (C=O) groups is 2. The van der Waals surface area contributed by atoms with Crippen LogP contribution in [-0.4, -0.2) is 38.2 Å². The van der Waals surface area contributed by atoms with Gasteiger partial charge in [-0.15, -0.1) is 0 Å². The number of esters is 1. The monoisotopic (exact) mass is 381 g/mol. The van der Waals surface area contributed by atoms with Gasteiger partial charge in [0.15, 0.2) is 15.9 Å². The summed E-state index contributed by atoms with van der Waals surface area (Å²) in [4.78, 5) is 24.7. The van der Waals surface area contributed by atoms with Crippen LogP contribution in [0.4, 0.5) is 0 Å². The van der Waals surface area contributed by atoms with Crippen molar-refractivity contribution in [2.45, 2.75) is 69.4 Å². The standard InChI is InChI=1S/C19H27NO5S/c1-3-26(23,24)17-13-9-8-12-16(17)19(22)25-14(2)18(21)20-15-10-6-4-5-7-11-15/h8-9,12-15H,3-7,10-11H2,1-2H3,(H,20,21)/t14-/m1/s1. The van der Waals surface area contributed by atoms with Crippen molar-refractivity contribution < 1.29 is 22.7 Å². The maximum Gasteiger partial charge on any atom is 0.340 e. The summed E-state index contributed by atoms with van der Waals surface area (Å²) in [6.45, 7) is 3.02. The van der Waals surface area contributed by atoms with Gasteiger partial charge in [0, 0.05) is 6.04 Å². The molecule has 0 saturated heterocycles. The maximum absolute atomic E-state index is 12.4. The van der Waals surface area contributed by atoms with E-state index in [2.05, 4.69) is 5.32 Å². The number of amides is 1. The summed E-state index contributed by atoms with van der Waals surface area (Å²) in [6, 6.07) is 6.02. The summed E-state index contributed by atoms with van der Waals surface area (Å²) in [6.07, 6.45) is 5.42. The van der Waals surface area contributed by atoms with Crippen LogP contribution in [0.3, 0.4) is 0 Å². The van der Waals surface area contributed by atoms with E-state index >= 15 is 0 Å². The largest absolute Gasteiger partial charge is 0.449 e. The molecule has 0 bridgehead atoms. The minimum atomic E-state index is -3.56. The first-order valence-corrected chi connectivity index (χ1v) is 10.8. The first kappa shape index (κ1) is 20.4. The Kier molecular flexibility index (Phi) is 7.20. The van der Waals surface area contributed by atoms with Crippen molar-refractivity contribution in [2.75, 3.05) is 5.75 Å². The molecule has 26 heavy (non-hydrogen) atoms. The minimum absolute atomic E-state index is 0.0385. The van der Waals surface area contributed by atoms with Gasteiger partial charge in [-0.05, 0) is 31.9 Å². The predicted molar refractivity (Wildman–Crippen MR) is 98.7 cm³/mol. The molecular formula is C19H27NO5S. The molecule has 7 heteroatoms. The van der Waals surface area contributed by atoms with Crippen LogP contribution in [-0.2, 0) is 19.4 Å². The van der Waals surface area contributed by atoms with Gasteiger partial charge in [-0.3, -0.25) is 4.79 Å². The van der Waals surface area contributed by atoms with Crippen LogP contribution in [0, 0.1) is 0 Å². The second-order valence-electron chi connectivity index (χ2n) is 6.64. The summed E-state index contributed by atoms with van der Waals surface area (Å²) in [5.74, 6) is -1.27. The number of nitrogens with one attached hydrogen (secondary N) is 1. The normalized spacial score (nSPS) is 17.2. The molecular weight excluding hydrogens is 354 g/mol. The Morgan fingerprint density at radius 1 is 1.15 bits per heavy atom. The van der Waals surface area contributed by atoms with E-state index < -0.39 is 21.9 Å². The fraction of sp³-hybridized carbons (Fsp3) is 0.579. The Hall–Kier alpha value is -1.89. The van der Waals surface area contributed by atoms with Crippen LogP contribution >= 0.6 is 0 Å². The Balaban J connectivity index is 2.04. The van der Waals surface area contributed by atoms with Crippen LogP contribution in [0.25, 0.3) is 0 Å². The van der Waals surface area contributed by atoms with Gasteiger partial charge in [-0.2, -0.15) is 0 Å². The number of carbonyl (C=O) groups excluding carboxylic acids is 2. The smallest absolute Gasteiger partial charge is 0.340 e. The van der Waals surface area contributed by atoms with Crippen LogP contribution in [0.15, 0.2) is 29.2 Å². The number of rotatable bonds is 6. The Bertz CT molecular complexity index is 736. The lowest BCUT2D eigenvalue weighted by Gasteiger charge is -2.20. The summed E-state index contributed by atoms with van der Waals surface area (Å²) >= 11 is 0. The molecule has 0 aromatic heterocycles. The molecule has 1 aliphatic carbocycles. The molecule has 6 nitrogen and oxygen atoms in total. The zero-order valence-corrected chi connectivity index (χ0v) is 16.2. The van der Waals surface area contributed by atoms with E-state index in [1.807, 2.05) is 0 Å². The van der Waals surface area contributed by atoms with E-state index in [9.17, 15) is 18.0 Å². The third-order valence-electron chi connectivity index (χ3n) is 4.68. The molecule has 1 N–H and O–H groups in total. The van der Waals surface area contributed by atoms with Crippen molar-refractivity contribution in [2.24, 2.45) is 0 Å². The third kappa shape index (κ3) is 5.30. The lowest BCUT2D eigenvalue weighted by molar-refractivity contribution is -0.129. The van der Waals surface area contributed by atoms with E-state index in [0.717, 1.165) is 25.7 Å². The molecule has 144 valence electrons. The highest BCUT2D eigenvalue weighted by atomic mass is 32.2. The second-order valence-corrected chi connectivity index (χ2v) is 8.89. The first-order chi connectivity index (χ1) is 12.3. The summed E-state index contributed by atoms with van der Waals surface area (Å²) in [5.41, 5.74) is -0.0385. The van der Waals surface area contributed by atoms with Gasteiger partial charge in [-0.25, -0.2) is 13.2 Å². The zero-order chi connectivity index (χ0) is 19.2. The molecule has 1 fully saturated rings. The van der Waals surface area contributed by atoms with Crippen LogP contribution in [0.1, 0.15) is 62.7 Å². The molecule has 1 aromatic carbocycles. The predicted octanol–water partition coefficient (Wildman–Crippen LogP) is 2.86. The Morgan fingerprint density at radius 2 is 1.77 bits per heavy atom. The topological polar surface area (TPSA) is 89.5 Å². The number of ether oxygens (including phenoxy) is 1. The Morgan fingerprint density at radius 3 is 2.38 bits per heavy atom. The molecule has 1 amide bonds. The minimum Gasteiger partial charge on any atom is -0.449 e. The van der Waals surface area contributed by atoms with E-state index in [0.29, 0.717) is 0 Å². The van der Waals surface area contributed by atoms with Crippen molar-refractivity contribution in [3.05, 3.63) is 29.8 Å². The quantitative estimate of drug-likeness (QED) is 0.604. The van der Waals surface area contributed by atoms with E-state index in [1.54, 1.807) is 12.1 Å². The van der Waals surface area contributed by atoms with Gasteiger partial charge in [0.05, 0.1) is 16.2 Å². The van der Waals surface area contributed by atoms with Crippen molar-refractivity contribution >= 4 is 21.7 Å². The van der Waals surface area contributed by atoms with Crippen LogP contribution < -0.4 is 5.32 Å². The van der Waals surface area contributed by atoms with Crippen molar-refractivity contribution in [3.8, 4) is 0 Å². The van der Waals surface area contributed by atoms with Gasteiger partial charge in [-0.1, -0.05) is 44.7 Å². The number of hydrogen-bond acceptors (Lipinski definition) is 5. The molecule has 1 atom stereocenters. The van der Waals surface area contributed by atoms with Crippen molar-refractivity contribution in [1.29, 1.82) is 0 Å². The molecule has 0 heterocycles. The van der Waals surface area contributed by atoms with Gasteiger partial charge in [0.1, 0.15) is 0 Å². The highest BCUT2D eigenvalue weighted by Gasteiger charge is 2.26. The SMILES string of the molecule is CCS(=O)(=O)c1ccccc1C(=O)O[C@H](C)C(=O)NC1CCCCCC1. The number of hydrogen-bond donors (Lipinski definition) is 1. The zero-order valence-electron chi connectivity index (χ0n) is 15.4. The third-order valence-corrected chi connectivity index (χ3v) is 6.46. The fourth-order valence-corrected chi connectivity index (χ4v) is 4.17. The summed E-state index contributed by atoms with van der Waals surface area (Å²) in [7, 11) is -3.56. The number of benzene rings is 1. The van der Waals surface area contributed by atoms with Gasteiger partial charge >= 0.3 is 5.97 Å². The highest BCUT2D eigenvalue weighted by molar-refractivity contribution is 7.91. The molecule has 0 spiro atoms. The highest BCUT2D eigenvalue weighted by Crippen LogP contribution is 2.19. The van der Waals surface area contributed by atoms with E-state index in [4.69, 9.17) is 4.74 Å². The average Bonchev–Trinajstić information content (AvgIpc) is 2.90. The number of sulfone groups is 1. The molecule has 1 aliphatic rings. The van der Waals surface area contributed by atoms with Crippen LogP contribution in [0.2, 0.25) is 0 Å². The second kappa shape index (κ2) is 9.16. The first-order valence-electron chi connectivity index (χ1n) is 9.18. The van der Waals surface area contributed by atoms with Gasteiger partial charge in [0.2, 0.25) is 0 Å². The average molecular weight is 381 g/mol. The molecule has 1 aromatic rings. The van der Waals surface area contributed by atoms with E-state index in [1.165, 1.54) is 38.8 Å². The summed E-state index contributed by atoms with van der Waals surface area (Å²) < 4.78 is 29.5. The lowest BCUT2D eigenvalue weighted by atomic mass is 10.1. The van der Waals surface area contributed by atoms with Crippen molar-refractivity contribution in [1.82, 2.24) is 5.32 Å². The lowest BCUT2D eigenvalue weighted by Crippen LogP contribution is -2.42.